The second kappa shape index (κ2) is 5.53. The Morgan fingerprint density at radius 2 is 2.33 bits per heavy atom. The van der Waals surface area contributed by atoms with Gasteiger partial charge in [0.2, 0.25) is 0 Å². The van der Waals surface area contributed by atoms with Gasteiger partial charge in [0.25, 0.3) is 0 Å². The molecule has 1 aromatic rings. The number of carbonyl (C=O) groups is 1. The highest BCUT2D eigenvalue weighted by atomic mass is 16.3. The van der Waals surface area contributed by atoms with Crippen molar-refractivity contribution < 1.29 is 9.90 Å². The van der Waals surface area contributed by atoms with Crippen LogP contribution in [-0.4, -0.2) is 24.0 Å². The number of benzene rings is 1. The van der Waals surface area contributed by atoms with Crippen LogP contribution < -0.4 is 5.32 Å². The molecule has 2 N–H and O–H groups in total. The van der Waals surface area contributed by atoms with Crippen LogP contribution in [0.15, 0.2) is 24.3 Å². The molecule has 1 fully saturated rings. The van der Waals surface area contributed by atoms with Crippen molar-refractivity contribution in [3.63, 3.8) is 0 Å². The maximum absolute atomic E-state index is 12.5. The first-order chi connectivity index (χ1) is 8.66. The Morgan fingerprint density at radius 1 is 1.50 bits per heavy atom. The molecule has 1 aliphatic heterocycles. The summed E-state index contributed by atoms with van der Waals surface area (Å²) in [5.74, 6) is 0.536. The van der Waals surface area contributed by atoms with Gasteiger partial charge in [0, 0.05) is 18.4 Å². The third-order valence-corrected chi connectivity index (χ3v) is 3.84. The van der Waals surface area contributed by atoms with Gasteiger partial charge in [0.15, 0.2) is 0 Å². The molecule has 3 heteroatoms. The number of Topliss-reactive ketones (excluding diaryl/α,β-unsaturated/α-hetero) is 1. The standard InChI is InChI=1S/C15H21NO2/c1-2-6-15(7-8-16-11-15)14(18)10-12-4-3-5-13(17)9-12/h3-5,9,16-17H,2,6-8,10-11H2,1H3. The molecule has 1 unspecified atom stereocenters. The fourth-order valence-electron chi connectivity index (χ4n) is 2.85. The fourth-order valence-corrected chi connectivity index (χ4v) is 2.85. The van der Waals surface area contributed by atoms with Crippen molar-refractivity contribution in [1.29, 1.82) is 0 Å². The molecule has 98 valence electrons. The van der Waals surface area contributed by atoms with E-state index in [0.29, 0.717) is 12.2 Å². The summed E-state index contributed by atoms with van der Waals surface area (Å²) in [4.78, 5) is 12.5. The molecule has 3 nitrogen and oxygen atoms in total. The van der Waals surface area contributed by atoms with E-state index in [0.717, 1.165) is 37.9 Å². The predicted molar refractivity (Wildman–Crippen MR) is 71.6 cm³/mol. The first-order valence-electron chi connectivity index (χ1n) is 6.68. The Labute approximate surface area is 108 Å². The zero-order valence-corrected chi connectivity index (χ0v) is 10.9. The number of hydrogen-bond donors (Lipinski definition) is 2. The number of ketones is 1. The Kier molecular flexibility index (Phi) is 4.02. The number of phenolic OH excluding ortho intramolecular Hbond substituents is 1. The van der Waals surface area contributed by atoms with Crippen LogP contribution in [0.4, 0.5) is 0 Å². The average Bonchev–Trinajstić information content (AvgIpc) is 2.79. The van der Waals surface area contributed by atoms with E-state index in [2.05, 4.69) is 12.2 Å². The summed E-state index contributed by atoms with van der Waals surface area (Å²) in [6.45, 7) is 3.87. The van der Waals surface area contributed by atoms with Gasteiger partial charge in [-0.25, -0.2) is 0 Å². The van der Waals surface area contributed by atoms with Crippen molar-refractivity contribution in [1.82, 2.24) is 5.32 Å². The zero-order chi connectivity index (χ0) is 13.0. The summed E-state index contributed by atoms with van der Waals surface area (Å²) in [5, 5.41) is 12.7. The summed E-state index contributed by atoms with van der Waals surface area (Å²) in [7, 11) is 0. The number of phenols is 1. The van der Waals surface area contributed by atoms with E-state index >= 15 is 0 Å². The minimum atomic E-state index is -0.180. The Balaban J connectivity index is 2.10. The number of hydrogen-bond acceptors (Lipinski definition) is 3. The lowest BCUT2D eigenvalue weighted by Gasteiger charge is -2.26. The molecule has 0 aliphatic carbocycles. The lowest BCUT2D eigenvalue weighted by molar-refractivity contribution is -0.127. The summed E-state index contributed by atoms with van der Waals surface area (Å²) in [5.41, 5.74) is 0.725. The van der Waals surface area contributed by atoms with Gasteiger partial charge in [0.05, 0.1) is 0 Å². The van der Waals surface area contributed by atoms with E-state index in [1.165, 1.54) is 0 Å². The van der Waals surface area contributed by atoms with Crippen LogP contribution in [0.3, 0.4) is 0 Å². The van der Waals surface area contributed by atoms with Crippen molar-refractivity contribution in [2.75, 3.05) is 13.1 Å². The second-order valence-corrected chi connectivity index (χ2v) is 5.23. The Hall–Kier alpha value is -1.35. The van der Waals surface area contributed by atoms with Crippen LogP contribution in [0.25, 0.3) is 0 Å². The normalized spacial score (nSPS) is 23.2. The molecular weight excluding hydrogens is 226 g/mol. The summed E-state index contributed by atoms with van der Waals surface area (Å²) in [6.07, 6.45) is 3.36. The average molecular weight is 247 g/mol. The van der Waals surface area contributed by atoms with Crippen LogP contribution >= 0.6 is 0 Å². The molecule has 1 saturated heterocycles. The van der Waals surface area contributed by atoms with E-state index in [1.54, 1.807) is 18.2 Å². The molecule has 0 aromatic heterocycles. The molecule has 18 heavy (non-hydrogen) atoms. The van der Waals surface area contributed by atoms with Crippen LogP contribution in [0.1, 0.15) is 31.7 Å². The van der Waals surface area contributed by atoms with E-state index < -0.39 is 0 Å². The molecule has 2 rings (SSSR count). The lowest BCUT2D eigenvalue weighted by atomic mass is 9.76. The van der Waals surface area contributed by atoms with Crippen LogP contribution in [-0.2, 0) is 11.2 Å². The highest BCUT2D eigenvalue weighted by Gasteiger charge is 2.39. The minimum absolute atomic E-state index is 0.180. The SMILES string of the molecule is CCCC1(C(=O)Cc2cccc(O)c2)CCNC1. The van der Waals surface area contributed by atoms with Gasteiger partial charge >= 0.3 is 0 Å². The molecular formula is C15H21NO2. The molecule has 1 aliphatic rings. The van der Waals surface area contributed by atoms with Gasteiger partial charge in [-0.15, -0.1) is 0 Å². The third-order valence-electron chi connectivity index (χ3n) is 3.84. The number of nitrogens with one attached hydrogen (secondary N) is 1. The Morgan fingerprint density at radius 3 is 2.94 bits per heavy atom. The van der Waals surface area contributed by atoms with Crippen molar-refractivity contribution in [3.05, 3.63) is 29.8 Å². The molecule has 0 amide bonds. The van der Waals surface area contributed by atoms with Gasteiger partial charge in [-0.1, -0.05) is 25.5 Å². The number of rotatable bonds is 5. The summed E-state index contributed by atoms with van der Waals surface area (Å²) < 4.78 is 0. The minimum Gasteiger partial charge on any atom is -0.508 e. The maximum atomic E-state index is 12.5. The fraction of sp³-hybridized carbons (Fsp3) is 0.533. The highest BCUT2D eigenvalue weighted by Crippen LogP contribution is 2.33. The van der Waals surface area contributed by atoms with Crippen molar-refractivity contribution in [2.45, 2.75) is 32.6 Å². The molecule has 0 saturated carbocycles. The highest BCUT2D eigenvalue weighted by molar-refractivity contribution is 5.87. The third kappa shape index (κ3) is 2.72. The quantitative estimate of drug-likeness (QED) is 0.839. The second-order valence-electron chi connectivity index (χ2n) is 5.23. The van der Waals surface area contributed by atoms with Crippen LogP contribution in [0.5, 0.6) is 5.75 Å². The lowest BCUT2D eigenvalue weighted by Crippen LogP contribution is -2.34. The van der Waals surface area contributed by atoms with Crippen LogP contribution in [0, 0.1) is 5.41 Å². The van der Waals surface area contributed by atoms with Crippen molar-refractivity contribution >= 4 is 5.78 Å². The van der Waals surface area contributed by atoms with Gasteiger partial charge in [-0.05, 0) is 37.1 Å². The van der Waals surface area contributed by atoms with Crippen molar-refractivity contribution in [2.24, 2.45) is 5.41 Å². The maximum Gasteiger partial charge on any atom is 0.144 e. The first kappa shape index (κ1) is 13.1. The smallest absolute Gasteiger partial charge is 0.144 e. The molecule has 0 radical (unpaired) electrons. The van der Waals surface area contributed by atoms with Crippen molar-refractivity contribution in [3.8, 4) is 5.75 Å². The summed E-state index contributed by atoms with van der Waals surface area (Å²) >= 11 is 0. The molecule has 0 spiro atoms. The number of carbonyl (C=O) groups excluding carboxylic acids is 1. The molecule has 1 aromatic carbocycles. The van der Waals surface area contributed by atoms with Gasteiger partial charge in [-0.2, -0.15) is 0 Å². The largest absolute Gasteiger partial charge is 0.508 e. The van der Waals surface area contributed by atoms with E-state index in [-0.39, 0.29) is 11.2 Å². The summed E-state index contributed by atoms with van der Waals surface area (Å²) in [6, 6.07) is 7.00. The molecule has 0 bridgehead atoms. The topological polar surface area (TPSA) is 49.3 Å². The van der Waals surface area contributed by atoms with Crippen LogP contribution in [0.2, 0.25) is 0 Å². The molecule has 1 heterocycles. The van der Waals surface area contributed by atoms with Gasteiger partial charge < -0.3 is 10.4 Å². The number of aromatic hydroxyl groups is 1. The van der Waals surface area contributed by atoms with E-state index in [1.807, 2.05) is 6.07 Å². The van der Waals surface area contributed by atoms with Gasteiger partial charge in [-0.3, -0.25) is 4.79 Å². The predicted octanol–water partition coefficient (Wildman–Crippen LogP) is 2.28. The first-order valence-corrected chi connectivity index (χ1v) is 6.68. The zero-order valence-electron chi connectivity index (χ0n) is 10.9. The van der Waals surface area contributed by atoms with E-state index in [4.69, 9.17) is 0 Å². The molecule has 1 atom stereocenters. The van der Waals surface area contributed by atoms with Gasteiger partial charge in [0.1, 0.15) is 11.5 Å². The Bertz CT molecular complexity index is 422. The monoisotopic (exact) mass is 247 g/mol. The van der Waals surface area contributed by atoms with E-state index in [9.17, 15) is 9.90 Å².